The molecule has 4 atom stereocenters. The highest BCUT2D eigenvalue weighted by Crippen LogP contribution is 2.42. The quantitative estimate of drug-likeness (QED) is 0.0795. The molecule has 1 heterocycles. The fourth-order valence-electron chi connectivity index (χ4n) is 5.77. The maximum atomic E-state index is 15.8. The van der Waals surface area contributed by atoms with Crippen LogP contribution < -0.4 is 21.4 Å². The summed E-state index contributed by atoms with van der Waals surface area (Å²) in [6.07, 6.45) is -14.9. The van der Waals surface area contributed by atoms with Gasteiger partial charge in [-0.2, -0.15) is 40.2 Å². The van der Waals surface area contributed by atoms with Gasteiger partial charge >= 0.3 is 31.1 Å². The molecule has 3 rings (SSSR count). The highest BCUT2D eigenvalue weighted by molar-refractivity contribution is 5.87. The first-order valence-corrected chi connectivity index (χ1v) is 18.3. The number of aliphatic hydroxyl groups excluding tert-OH is 1. The first kappa shape index (κ1) is 50.7. The predicted molar refractivity (Wildman–Crippen MR) is 199 cm³/mol. The van der Waals surface area contributed by atoms with Crippen LogP contribution in [0.3, 0.4) is 0 Å². The molecule has 0 aliphatic carbocycles. The SMILES string of the molecule is COC(=O)NC(C(=O)N[C@@H](Cc1ccc(C)cc1)[C@@H](O)CN(Cc1c(F)cc(-c2ccn(C(F)F)n2)cc1F)NC(=O)[C@@H](NC(=O)OC)C(C)(C)C(F)(F)F)C(C)(C)C(F)(F)F. The third-order valence-electron chi connectivity index (χ3n) is 9.96. The monoisotopic (exact) mass is 901 g/mol. The van der Waals surface area contributed by atoms with Crippen LogP contribution >= 0.6 is 0 Å². The first-order chi connectivity index (χ1) is 28.5. The van der Waals surface area contributed by atoms with E-state index in [9.17, 15) is 59.4 Å². The number of methoxy groups -OCH3 is 2. The van der Waals surface area contributed by atoms with Crippen LogP contribution in [-0.2, 0) is 32.0 Å². The van der Waals surface area contributed by atoms with E-state index in [0.717, 1.165) is 32.0 Å². The van der Waals surface area contributed by atoms with Crippen molar-refractivity contribution in [3.05, 3.63) is 77.0 Å². The van der Waals surface area contributed by atoms with E-state index in [1.165, 1.54) is 12.1 Å². The average Bonchev–Trinajstić information content (AvgIpc) is 3.67. The molecule has 0 fully saturated rings. The lowest BCUT2D eigenvalue weighted by atomic mass is 9.82. The number of carbonyl (C=O) groups excluding carboxylic acids is 4. The van der Waals surface area contributed by atoms with E-state index in [2.05, 4.69) is 19.9 Å². The highest BCUT2D eigenvalue weighted by atomic mass is 19.4. The molecule has 0 bridgehead atoms. The lowest BCUT2D eigenvalue weighted by molar-refractivity contribution is -0.221. The number of benzene rings is 2. The van der Waals surface area contributed by atoms with Crippen LogP contribution in [0, 0.1) is 29.4 Å². The van der Waals surface area contributed by atoms with Crippen LogP contribution in [0.5, 0.6) is 0 Å². The van der Waals surface area contributed by atoms with Crippen molar-refractivity contribution in [3.63, 3.8) is 0 Å². The number of rotatable bonds is 17. The number of amides is 4. The summed E-state index contributed by atoms with van der Waals surface area (Å²) in [4.78, 5) is 51.8. The van der Waals surface area contributed by atoms with E-state index in [4.69, 9.17) is 0 Å². The minimum absolute atomic E-state index is 0.197. The summed E-state index contributed by atoms with van der Waals surface area (Å²) in [5.41, 5.74) is -4.55. The van der Waals surface area contributed by atoms with E-state index >= 15 is 8.78 Å². The Balaban J connectivity index is 2.16. The average molecular weight is 902 g/mol. The van der Waals surface area contributed by atoms with Gasteiger partial charge in [0.15, 0.2) is 0 Å². The van der Waals surface area contributed by atoms with Crippen molar-refractivity contribution in [1.29, 1.82) is 0 Å². The van der Waals surface area contributed by atoms with Gasteiger partial charge in [-0.25, -0.2) is 28.1 Å². The molecule has 0 saturated heterocycles. The number of hydrogen-bond acceptors (Lipinski definition) is 9. The van der Waals surface area contributed by atoms with Gasteiger partial charge in [0.25, 0.3) is 5.91 Å². The van der Waals surface area contributed by atoms with Gasteiger partial charge in [0.1, 0.15) is 23.7 Å². The zero-order valence-electron chi connectivity index (χ0n) is 34.1. The van der Waals surface area contributed by atoms with E-state index in [-0.39, 0.29) is 15.9 Å². The number of halogens is 10. The van der Waals surface area contributed by atoms with Crippen molar-refractivity contribution < 1.29 is 77.7 Å². The summed E-state index contributed by atoms with van der Waals surface area (Å²) in [5, 5.41) is 21.6. The Morgan fingerprint density at radius 2 is 1.27 bits per heavy atom. The number of nitrogens with zero attached hydrogens (tertiary/aromatic N) is 3. The molecule has 0 saturated carbocycles. The molecular formula is C38H45F10N7O7. The summed E-state index contributed by atoms with van der Waals surface area (Å²) in [6, 6.07) is 1.95. The molecule has 4 amide bonds. The number of hydrogen-bond donors (Lipinski definition) is 5. The molecule has 3 aromatic rings. The molecule has 14 nitrogen and oxygen atoms in total. The summed E-state index contributed by atoms with van der Waals surface area (Å²) in [6.45, 7) is -1.33. The highest BCUT2D eigenvalue weighted by Gasteiger charge is 2.57. The molecule has 0 radical (unpaired) electrons. The standard InChI is InChI=1S/C38H45F10N7O7/c1-19-8-10-20(11-9-19)14-26(49-30(57)28(50-33(59)61-6)35(2,3)37(43,44)45)27(56)18-54(53-31(58)29(51-34(60)62-7)36(4,5)38(46,47)48)17-22-23(39)15-21(16-24(22)40)25-12-13-55(52-25)32(41)42/h8-13,15-16,26-29,32,56H,14,17-18H2,1-7H3,(H,49,57)(H,50,59)(H,51,60)(H,53,58)/t26-,27-,28?,29+/m0/s1. The molecule has 62 heavy (non-hydrogen) atoms. The Morgan fingerprint density at radius 1 is 0.790 bits per heavy atom. The number of nitrogens with one attached hydrogen (secondary N) is 4. The van der Waals surface area contributed by atoms with Crippen LogP contribution in [0.25, 0.3) is 11.3 Å². The summed E-state index contributed by atoms with van der Waals surface area (Å²) >= 11 is 0. The minimum Gasteiger partial charge on any atom is -0.453 e. The van der Waals surface area contributed by atoms with Crippen molar-refractivity contribution in [3.8, 4) is 11.3 Å². The van der Waals surface area contributed by atoms with E-state index in [0.29, 0.717) is 50.4 Å². The van der Waals surface area contributed by atoms with E-state index in [1.54, 1.807) is 24.4 Å². The van der Waals surface area contributed by atoms with Crippen LogP contribution in [0.15, 0.2) is 48.7 Å². The molecule has 0 spiro atoms. The van der Waals surface area contributed by atoms with Crippen molar-refractivity contribution in [1.82, 2.24) is 36.2 Å². The van der Waals surface area contributed by atoms with Crippen molar-refractivity contribution >= 4 is 24.0 Å². The van der Waals surface area contributed by atoms with Crippen molar-refractivity contribution in [2.24, 2.45) is 10.8 Å². The Labute approximate surface area is 348 Å². The van der Waals surface area contributed by atoms with Gasteiger partial charge < -0.3 is 30.5 Å². The molecule has 2 aromatic carbocycles. The third-order valence-corrected chi connectivity index (χ3v) is 9.96. The zero-order chi connectivity index (χ0) is 47.1. The summed E-state index contributed by atoms with van der Waals surface area (Å²) in [7, 11) is 1.60. The van der Waals surface area contributed by atoms with Gasteiger partial charge in [-0.1, -0.05) is 29.8 Å². The normalized spacial score (nSPS) is 14.5. The molecular weight excluding hydrogens is 856 g/mol. The molecule has 24 heteroatoms. The number of aryl methyl sites for hydroxylation is 1. The smallest absolute Gasteiger partial charge is 0.407 e. The minimum atomic E-state index is -5.20. The third kappa shape index (κ3) is 12.5. The van der Waals surface area contributed by atoms with Gasteiger partial charge in [0.2, 0.25) is 5.91 Å². The largest absolute Gasteiger partial charge is 0.453 e. The Morgan fingerprint density at radius 3 is 1.71 bits per heavy atom. The molecule has 344 valence electrons. The second kappa shape index (κ2) is 20.0. The van der Waals surface area contributed by atoms with Crippen molar-refractivity contribution in [2.75, 3.05) is 20.8 Å². The lowest BCUT2D eigenvalue weighted by Crippen LogP contribution is -2.63. The molecule has 5 N–H and O–H groups in total. The Bertz CT molecular complexity index is 2020. The lowest BCUT2D eigenvalue weighted by Gasteiger charge is -2.38. The summed E-state index contributed by atoms with van der Waals surface area (Å²) < 4.78 is 152. The topological polar surface area (TPSA) is 176 Å². The fourth-order valence-corrected chi connectivity index (χ4v) is 5.77. The zero-order valence-corrected chi connectivity index (χ0v) is 34.1. The van der Waals surface area contributed by atoms with Crippen LogP contribution in [0.1, 0.15) is 50.9 Å². The maximum Gasteiger partial charge on any atom is 0.407 e. The molecule has 0 aliphatic heterocycles. The number of alkyl halides is 8. The molecule has 1 unspecified atom stereocenters. The number of aliphatic hydroxyl groups is 1. The van der Waals surface area contributed by atoms with Gasteiger partial charge in [-0.15, -0.1) is 0 Å². The molecule has 0 aliphatic rings. The van der Waals surface area contributed by atoms with Gasteiger partial charge in [0.05, 0.1) is 42.9 Å². The second-order valence-electron chi connectivity index (χ2n) is 15.2. The van der Waals surface area contributed by atoms with Crippen molar-refractivity contribution in [2.45, 2.75) is 90.7 Å². The molecule has 1 aromatic heterocycles. The van der Waals surface area contributed by atoms with E-state index in [1.807, 2.05) is 10.7 Å². The summed E-state index contributed by atoms with van der Waals surface area (Å²) in [5.74, 6) is -6.00. The number of carbonyl (C=O) groups is 4. The van der Waals surface area contributed by atoms with E-state index < -0.39 is 115 Å². The Kier molecular flexibility index (Phi) is 16.4. The van der Waals surface area contributed by atoms with Gasteiger partial charge in [-0.3, -0.25) is 15.0 Å². The van der Waals surface area contributed by atoms with Crippen LogP contribution in [0.4, 0.5) is 53.5 Å². The number of aromatic nitrogens is 2. The Hall–Kier alpha value is -5.65. The first-order valence-electron chi connectivity index (χ1n) is 18.3. The predicted octanol–water partition coefficient (Wildman–Crippen LogP) is 6.08. The van der Waals surface area contributed by atoms with Crippen LogP contribution in [0.2, 0.25) is 0 Å². The van der Waals surface area contributed by atoms with Gasteiger partial charge in [0, 0.05) is 30.4 Å². The maximum absolute atomic E-state index is 15.8. The second-order valence-corrected chi connectivity index (χ2v) is 15.2. The fraction of sp³-hybridized carbons (Fsp3) is 0.500. The van der Waals surface area contributed by atoms with Crippen LogP contribution in [-0.4, -0.2) is 101 Å². The number of hydrazine groups is 1. The van der Waals surface area contributed by atoms with Gasteiger partial charge in [-0.05, 0) is 64.8 Å². The number of ether oxygens (including phenoxy) is 2. The number of alkyl carbamates (subject to hydrolysis) is 2.